The SMILES string of the molecule is Cc1ccc(-c2[c-]ccc3c2oc2c(-c4ccccc4)c(F)ccc23)nc1.Cc1cnc(-c2[c-]cccc2)cc1CC(C)(C)C.[Ir]. The molecule has 0 aliphatic heterocycles. The van der Waals surface area contributed by atoms with Crippen molar-refractivity contribution in [2.45, 2.75) is 41.0 Å². The Labute approximate surface area is 283 Å². The van der Waals surface area contributed by atoms with Crippen LogP contribution < -0.4 is 0 Å². The van der Waals surface area contributed by atoms with Gasteiger partial charge in [-0.05, 0) is 65.9 Å². The van der Waals surface area contributed by atoms with E-state index in [4.69, 9.17) is 4.42 Å². The summed E-state index contributed by atoms with van der Waals surface area (Å²) in [6.07, 6.45) is 4.86. The molecular formula is C41H35FIrN2O-2. The van der Waals surface area contributed by atoms with Crippen LogP contribution in [0.2, 0.25) is 0 Å². The normalized spacial score (nSPS) is 11.2. The maximum absolute atomic E-state index is 14.7. The molecule has 5 heteroatoms. The molecule has 0 aliphatic carbocycles. The minimum atomic E-state index is -0.299. The van der Waals surface area contributed by atoms with Crippen LogP contribution in [-0.2, 0) is 26.5 Å². The predicted molar refractivity (Wildman–Crippen MR) is 182 cm³/mol. The summed E-state index contributed by atoms with van der Waals surface area (Å²) in [6, 6.07) is 37.2. The predicted octanol–water partition coefficient (Wildman–Crippen LogP) is 11.0. The summed E-state index contributed by atoms with van der Waals surface area (Å²) >= 11 is 0. The molecule has 0 N–H and O–H groups in total. The minimum Gasteiger partial charge on any atom is -0.500 e. The van der Waals surface area contributed by atoms with Gasteiger partial charge in [0.1, 0.15) is 11.4 Å². The van der Waals surface area contributed by atoms with Gasteiger partial charge in [-0.2, -0.15) is 0 Å². The summed E-state index contributed by atoms with van der Waals surface area (Å²) in [5, 5.41) is 1.81. The summed E-state index contributed by atoms with van der Waals surface area (Å²) in [5.41, 5.74) is 10.2. The molecule has 0 saturated heterocycles. The van der Waals surface area contributed by atoms with Crippen molar-refractivity contribution in [2.75, 3.05) is 0 Å². The van der Waals surface area contributed by atoms with E-state index in [1.165, 1.54) is 17.2 Å². The topological polar surface area (TPSA) is 38.9 Å². The molecule has 0 bridgehead atoms. The summed E-state index contributed by atoms with van der Waals surface area (Å²) in [6.45, 7) is 10.9. The number of benzene rings is 4. The molecule has 0 spiro atoms. The fourth-order valence-corrected chi connectivity index (χ4v) is 5.49. The average molecular weight is 783 g/mol. The summed E-state index contributed by atoms with van der Waals surface area (Å²) in [7, 11) is 0. The molecule has 0 amide bonds. The molecule has 0 saturated carbocycles. The number of rotatable bonds is 4. The van der Waals surface area contributed by atoms with Gasteiger partial charge in [0.25, 0.3) is 0 Å². The van der Waals surface area contributed by atoms with Crippen LogP contribution in [0.4, 0.5) is 4.39 Å². The molecule has 3 heterocycles. The molecule has 233 valence electrons. The Bertz CT molecular complexity index is 2080. The smallest absolute Gasteiger partial charge is 0.134 e. The van der Waals surface area contributed by atoms with E-state index >= 15 is 0 Å². The second-order valence-corrected chi connectivity index (χ2v) is 12.6. The van der Waals surface area contributed by atoms with Crippen LogP contribution in [0.1, 0.15) is 37.5 Å². The Hall–Kier alpha value is -4.44. The van der Waals surface area contributed by atoms with Gasteiger partial charge in [-0.15, -0.1) is 54.1 Å². The van der Waals surface area contributed by atoms with E-state index in [1.807, 2.05) is 92.1 Å². The number of pyridine rings is 2. The van der Waals surface area contributed by atoms with E-state index in [1.54, 1.807) is 6.07 Å². The van der Waals surface area contributed by atoms with E-state index in [9.17, 15) is 4.39 Å². The second kappa shape index (κ2) is 13.9. The number of aryl methyl sites for hydroxylation is 2. The minimum absolute atomic E-state index is 0. The molecule has 0 aliphatic rings. The van der Waals surface area contributed by atoms with Crippen LogP contribution in [0.3, 0.4) is 0 Å². The number of halogens is 1. The molecule has 7 rings (SSSR count). The first kappa shape index (κ1) is 32.9. The van der Waals surface area contributed by atoms with E-state index in [2.05, 4.69) is 61.9 Å². The zero-order valence-corrected chi connectivity index (χ0v) is 29.0. The van der Waals surface area contributed by atoms with Gasteiger partial charge in [0.15, 0.2) is 0 Å². The molecule has 3 aromatic heterocycles. The fourth-order valence-electron chi connectivity index (χ4n) is 5.49. The third-order valence-corrected chi connectivity index (χ3v) is 7.70. The maximum Gasteiger partial charge on any atom is 0.134 e. The van der Waals surface area contributed by atoms with Crippen LogP contribution in [0, 0.1) is 37.2 Å². The summed E-state index contributed by atoms with van der Waals surface area (Å²) < 4.78 is 20.9. The Morgan fingerprint density at radius 3 is 2.17 bits per heavy atom. The van der Waals surface area contributed by atoms with Gasteiger partial charge < -0.3 is 14.4 Å². The van der Waals surface area contributed by atoms with E-state index in [-0.39, 0.29) is 25.9 Å². The molecular weight excluding hydrogens is 748 g/mol. The van der Waals surface area contributed by atoms with Crippen molar-refractivity contribution in [3.63, 3.8) is 0 Å². The zero-order chi connectivity index (χ0) is 31.6. The Kier molecular flexibility index (Phi) is 9.96. The first-order chi connectivity index (χ1) is 21.7. The van der Waals surface area contributed by atoms with Crippen molar-refractivity contribution in [3.8, 4) is 33.6 Å². The van der Waals surface area contributed by atoms with Crippen LogP contribution in [-0.4, -0.2) is 9.97 Å². The summed E-state index contributed by atoms with van der Waals surface area (Å²) in [4.78, 5) is 9.01. The van der Waals surface area contributed by atoms with Gasteiger partial charge in [0.05, 0.1) is 11.1 Å². The van der Waals surface area contributed by atoms with Gasteiger partial charge in [-0.1, -0.05) is 85.8 Å². The van der Waals surface area contributed by atoms with Crippen LogP contribution in [0.25, 0.3) is 55.6 Å². The largest absolute Gasteiger partial charge is 0.500 e. The monoisotopic (exact) mass is 783 g/mol. The fraction of sp³-hybridized carbons (Fsp3) is 0.171. The molecule has 46 heavy (non-hydrogen) atoms. The number of aromatic nitrogens is 2. The second-order valence-electron chi connectivity index (χ2n) is 12.6. The molecule has 1 radical (unpaired) electrons. The van der Waals surface area contributed by atoms with Gasteiger partial charge in [-0.3, -0.25) is 0 Å². The third kappa shape index (κ3) is 7.17. The number of fused-ring (bicyclic) bond motifs is 3. The van der Waals surface area contributed by atoms with Crippen molar-refractivity contribution in [2.24, 2.45) is 5.41 Å². The van der Waals surface area contributed by atoms with Gasteiger partial charge in [0, 0.05) is 37.9 Å². The standard InChI is InChI=1S/C24H15FNO.C17H20N.Ir/c1-15-10-13-21(26-14-15)19-9-5-8-17-18-11-12-20(25)22(24(18)27-23(17)19)16-6-3-2-4-7-16;1-13-12-18-16(14-8-6-5-7-9-14)10-15(13)11-17(2,3)4;/h2-8,10-14H,1H3;5-8,10,12H,11H2,1-4H3;/q2*-1;. The van der Waals surface area contributed by atoms with E-state index in [0.717, 1.165) is 50.8 Å². The molecule has 4 aromatic carbocycles. The molecule has 0 fully saturated rings. The van der Waals surface area contributed by atoms with Crippen molar-refractivity contribution < 1.29 is 28.9 Å². The first-order valence-electron chi connectivity index (χ1n) is 15.1. The van der Waals surface area contributed by atoms with Gasteiger partial charge in [0.2, 0.25) is 0 Å². The maximum atomic E-state index is 14.7. The third-order valence-electron chi connectivity index (χ3n) is 7.70. The number of hydrogen-bond acceptors (Lipinski definition) is 3. The molecule has 0 unspecified atom stereocenters. The Morgan fingerprint density at radius 1 is 0.739 bits per heavy atom. The zero-order valence-electron chi connectivity index (χ0n) is 26.6. The molecule has 0 atom stereocenters. The van der Waals surface area contributed by atoms with Crippen molar-refractivity contribution in [3.05, 3.63) is 144 Å². The van der Waals surface area contributed by atoms with Crippen LogP contribution >= 0.6 is 0 Å². The van der Waals surface area contributed by atoms with Crippen LogP contribution in [0.5, 0.6) is 0 Å². The molecule has 7 aromatic rings. The average Bonchev–Trinajstić information content (AvgIpc) is 3.42. The Morgan fingerprint density at radius 2 is 1.48 bits per heavy atom. The first-order valence-corrected chi connectivity index (χ1v) is 15.1. The molecule has 3 nitrogen and oxygen atoms in total. The van der Waals surface area contributed by atoms with Gasteiger partial charge in [-0.25, -0.2) is 4.39 Å². The van der Waals surface area contributed by atoms with Crippen LogP contribution in [0.15, 0.2) is 114 Å². The van der Waals surface area contributed by atoms with E-state index in [0.29, 0.717) is 22.1 Å². The van der Waals surface area contributed by atoms with Crippen molar-refractivity contribution >= 4 is 21.9 Å². The number of hydrogen-bond donors (Lipinski definition) is 0. The van der Waals surface area contributed by atoms with Gasteiger partial charge >= 0.3 is 0 Å². The summed E-state index contributed by atoms with van der Waals surface area (Å²) in [5.74, 6) is -0.299. The Balaban J connectivity index is 0.000000193. The quantitative estimate of drug-likeness (QED) is 0.167. The van der Waals surface area contributed by atoms with E-state index < -0.39 is 0 Å². The van der Waals surface area contributed by atoms with Crippen molar-refractivity contribution in [1.29, 1.82) is 0 Å². The number of nitrogens with zero attached hydrogens (tertiary/aromatic N) is 2. The van der Waals surface area contributed by atoms with Crippen molar-refractivity contribution in [1.82, 2.24) is 9.97 Å². The number of furan rings is 1.